The van der Waals surface area contributed by atoms with Crippen LogP contribution >= 0.6 is 0 Å². The second kappa shape index (κ2) is 8.42. The minimum Gasteiger partial charge on any atom is -0.273 e. The van der Waals surface area contributed by atoms with Crippen LogP contribution in [0.3, 0.4) is 0 Å². The van der Waals surface area contributed by atoms with Gasteiger partial charge in [0.2, 0.25) is 5.91 Å². The fourth-order valence-corrected chi connectivity index (χ4v) is 1.89. The monoisotopic (exact) mass is 315 g/mol. The molecule has 0 radical (unpaired) electrons. The molecule has 0 aliphatic carbocycles. The van der Waals surface area contributed by atoms with E-state index in [1.807, 2.05) is 35.3 Å². The Kier molecular flexibility index (Phi) is 5.98. The number of hydrazone groups is 1. The van der Waals surface area contributed by atoms with Crippen LogP contribution in [0, 0.1) is 0 Å². The van der Waals surface area contributed by atoms with Gasteiger partial charge in [0.05, 0.1) is 0 Å². The van der Waals surface area contributed by atoms with E-state index in [9.17, 15) is 14.4 Å². The van der Waals surface area contributed by atoms with Crippen molar-refractivity contribution < 1.29 is 4.79 Å². The maximum Gasteiger partial charge on any atom is 0.342 e. The predicted molar refractivity (Wildman–Crippen MR) is 85.2 cm³/mol. The van der Waals surface area contributed by atoms with Gasteiger partial charge in [0.1, 0.15) is 5.69 Å². The summed E-state index contributed by atoms with van der Waals surface area (Å²) in [6.45, 7) is 0. The molecule has 120 valence electrons. The zero-order valence-corrected chi connectivity index (χ0v) is 12.4. The number of aromatic nitrogens is 3. The highest BCUT2D eigenvalue weighted by Gasteiger charge is 2.06. The van der Waals surface area contributed by atoms with Crippen LogP contribution in [-0.2, 0) is 17.6 Å². The molecule has 0 spiro atoms. The van der Waals surface area contributed by atoms with Crippen LogP contribution in [0.2, 0.25) is 0 Å². The Hall–Kier alpha value is -3.03. The summed E-state index contributed by atoms with van der Waals surface area (Å²) >= 11 is 0. The van der Waals surface area contributed by atoms with Gasteiger partial charge in [-0.3, -0.25) is 14.6 Å². The van der Waals surface area contributed by atoms with Gasteiger partial charge in [-0.15, -0.1) is 0 Å². The van der Waals surface area contributed by atoms with Gasteiger partial charge < -0.3 is 0 Å². The van der Waals surface area contributed by atoms with Crippen molar-refractivity contribution >= 4 is 12.1 Å². The highest BCUT2D eigenvalue weighted by molar-refractivity contribution is 5.76. The molecule has 0 unspecified atom stereocenters. The Bertz CT molecular complexity index is 779. The molecule has 8 nitrogen and oxygen atoms in total. The number of amides is 1. The van der Waals surface area contributed by atoms with E-state index in [4.69, 9.17) is 0 Å². The fourth-order valence-electron chi connectivity index (χ4n) is 1.89. The van der Waals surface area contributed by atoms with Crippen molar-refractivity contribution in [2.24, 2.45) is 5.10 Å². The van der Waals surface area contributed by atoms with Crippen LogP contribution in [0.4, 0.5) is 0 Å². The molecule has 0 fully saturated rings. The molecule has 0 aliphatic heterocycles. The van der Waals surface area contributed by atoms with Gasteiger partial charge in [-0.2, -0.15) is 10.2 Å². The van der Waals surface area contributed by atoms with Gasteiger partial charge in [0, 0.05) is 19.1 Å². The number of aromatic amines is 2. The first-order valence-electron chi connectivity index (χ1n) is 7.17. The van der Waals surface area contributed by atoms with Crippen molar-refractivity contribution in [3.8, 4) is 0 Å². The summed E-state index contributed by atoms with van der Waals surface area (Å²) in [5, 5.41) is 9.56. The summed E-state index contributed by atoms with van der Waals surface area (Å²) in [6.07, 6.45) is 3.37. The number of hydrogen-bond acceptors (Lipinski definition) is 5. The quantitative estimate of drug-likeness (QED) is 0.496. The van der Waals surface area contributed by atoms with E-state index in [1.165, 1.54) is 5.56 Å². The number of carbonyl (C=O) groups excluding carboxylic acids is 1. The number of benzene rings is 1. The first-order chi connectivity index (χ1) is 11.1. The van der Waals surface area contributed by atoms with Crippen LogP contribution in [-0.4, -0.2) is 27.3 Å². The number of aryl methyl sites for hydroxylation is 2. The largest absolute Gasteiger partial charge is 0.342 e. The fraction of sp³-hybridized carbons (Fsp3) is 0.267. The average Bonchev–Trinajstić information content (AvgIpc) is 2.54. The van der Waals surface area contributed by atoms with Crippen molar-refractivity contribution in [3.63, 3.8) is 0 Å². The van der Waals surface area contributed by atoms with Crippen molar-refractivity contribution in [2.75, 3.05) is 0 Å². The lowest BCUT2D eigenvalue weighted by Crippen LogP contribution is -2.28. The minimum absolute atomic E-state index is 0.0537. The molecule has 0 atom stereocenters. The van der Waals surface area contributed by atoms with E-state index in [0.717, 1.165) is 6.42 Å². The van der Waals surface area contributed by atoms with Gasteiger partial charge in [-0.1, -0.05) is 30.3 Å². The molecule has 1 aromatic carbocycles. The second-order valence-electron chi connectivity index (χ2n) is 4.82. The molecular formula is C15H17N5O3. The molecule has 0 saturated carbocycles. The molecule has 1 heterocycles. The van der Waals surface area contributed by atoms with E-state index in [2.05, 4.69) is 20.7 Å². The normalized spacial score (nSPS) is 10.8. The third kappa shape index (κ3) is 5.70. The highest BCUT2D eigenvalue weighted by Crippen LogP contribution is 2.00. The summed E-state index contributed by atoms with van der Waals surface area (Å²) in [4.78, 5) is 35.8. The zero-order chi connectivity index (χ0) is 16.5. The SMILES string of the molecule is O=C(CCc1n[nH]c(=O)[nH]c1=O)N/N=C/CCc1ccccc1. The molecule has 1 aromatic heterocycles. The maximum absolute atomic E-state index is 11.6. The summed E-state index contributed by atoms with van der Waals surface area (Å²) in [6, 6.07) is 9.96. The Morgan fingerprint density at radius 2 is 2.00 bits per heavy atom. The summed E-state index contributed by atoms with van der Waals surface area (Å²) in [5.41, 5.74) is 2.43. The summed E-state index contributed by atoms with van der Waals surface area (Å²) < 4.78 is 0. The molecular weight excluding hydrogens is 298 g/mol. The van der Waals surface area contributed by atoms with Crippen LogP contribution in [0.15, 0.2) is 45.0 Å². The Morgan fingerprint density at radius 1 is 1.22 bits per heavy atom. The predicted octanol–water partition coefficient (Wildman–Crippen LogP) is 0.126. The number of nitrogens with one attached hydrogen (secondary N) is 3. The highest BCUT2D eigenvalue weighted by atomic mass is 16.2. The van der Waals surface area contributed by atoms with E-state index >= 15 is 0 Å². The van der Waals surface area contributed by atoms with Gasteiger partial charge in [0.25, 0.3) is 5.56 Å². The summed E-state index contributed by atoms with van der Waals surface area (Å²) in [5.74, 6) is -0.326. The molecule has 8 heteroatoms. The Morgan fingerprint density at radius 3 is 2.74 bits per heavy atom. The molecule has 1 amide bonds. The van der Waals surface area contributed by atoms with Crippen LogP contribution in [0.5, 0.6) is 0 Å². The number of rotatable bonds is 7. The number of carbonyl (C=O) groups is 1. The molecule has 0 aliphatic rings. The van der Waals surface area contributed by atoms with Crippen LogP contribution in [0.1, 0.15) is 24.1 Å². The Labute approximate surface area is 131 Å². The molecule has 2 rings (SSSR count). The topological polar surface area (TPSA) is 120 Å². The van der Waals surface area contributed by atoms with E-state index in [-0.39, 0.29) is 24.4 Å². The maximum atomic E-state index is 11.6. The molecule has 3 N–H and O–H groups in total. The lowest BCUT2D eigenvalue weighted by atomic mass is 10.1. The summed E-state index contributed by atoms with van der Waals surface area (Å²) in [7, 11) is 0. The van der Waals surface area contributed by atoms with E-state index in [1.54, 1.807) is 6.21 Å². The number of hydrogen-bond donors (Lipinski definition) is 3. The van der Waals surface area contributed by atoms with Gasteiger partial charge in [-0.05, 0) is 18.4 Å². The molecule has 2 aromatic rings. The molecule has 0 saturated heterocycles. The van der Waals surface area contributed by atoms with Crippen LogP contribution < -0.4 is 16.7 Å². The van der Waals surface area contributed by atoms with Crippen molar-refractivity contribution in [3.05, 3.63) is 62.4 Å². The number of nitrogens with zero attached hydrogens (tertiary/aromatic N) is 2. The smallest absolute Gasteiger partial charge is 0.273 e. The lowest BCUT2D eigenvalue weighted by Gasteiger charge is -1.99. The van der Waals surface area contributed by atoms with E-state index < -0.39 is 11.2 Å². The lowest BCUT2D eigenvalue weighted by molar-refractivity contribution is -0.121. The van der Waals surface area contributed by atoms with Crippen molar-refractivity contribution in [1.29, 1.82) is 0 Å². The third-order valence-corrected chi connectivity index (χ3v) is 3.06. The van der Waals surface area contributed by atoms with Gasteiger partial charge in [0.15, 0.2) is 0 Å². The van der Waals surface area contributed by atoms with Crippen molar-refractivity contribution in [1.82, 2.24) is 20.6 Å². The van der Waals surface area contributed by atoms with Crippen LogP contribution in [0.25, 0.3) is 0 Å². The minimum atomic E-state index is -0.675. The Balaban J connectivity index is 1.69. The van der Waals surface area contributed by atoms with Crippen molar-refractivity contribution in [2.45, 2.75) is 25.7 Å². The average molecular weight is 315 g/mol. The van der Waals surface area contributed by atoms with Gasteiger partial charge in [-0.25, -0.2) is 15.3 Å². The standard InChI is InChI=1S/C15H17N5O3/c21-13(9-8-12-14(22)17-15(23)20-18-12)19-16-10-4-7-11-5-2-1-3-6-11/h1-3,5-6,10H,4,7-9H2,(H,19,21)(H2,17,20,22,23)/b16-10+. The molecule has 0 bridgehead atoms. The molecule has 23 heavy (non-hydrogen) atoms. The third-order valence-electron chi connectivity index (χ3n) is 3.06. The first kappa shape index (κ1) is 16.3. The second-order valence-corrected chi connectivity index (χ2v) is 4.82. The van der Waals surface area contributed by atoms with Gasteiger partial charge >= 0.3 is 5.69 Å². The first-order valence-corrected chi connectivity index (χ1v) is 7.17. The number of H-pyrrole nitrogens is 2. The van der Waals surface area contributed by atoms with E-state index in [0.29, 0.717) is 6.42 Å². The zero-order valence-electron chi connectivity index (χ0n) is 12.4.